The van der Waals surface area contributed by atoms with Crippen LogP contribution in [0.5, 0.6) is 0 Å². The van der Waals surface area contributed by atoms with Crippen molar-refractivity contribution in [2.45, 2.75) is 19.0 Å². The van der Waals surface area contributed by atoms with Crippen molar-refractivity contribution < 1.29 is 22.8 Å². The summed E-state index contributed by atoms with van der Waals surface area (Å²) >= 11 is 0. The largest absolute Gasteiger partial charge is 0.416 e. The molecule has 25 heavy (non-hydrogen) atoms. The van der Waals surface area contributed by atoms with Crippen molar-refractivity contribution >= 4 is 17.8 Å². The highest BCUT2D eigenvalue weighted by Gasteiger charge is 2.33. The first-order valence-electron chi connectivity index (χ1n) is 7.53. The molecule has 1 aromatic carbocycles. The van der Waals surface area contributed by atoms with Gasteiger partial charge in [-0.1, -0.05) is 6.07 Å². The van der Waals surface area contributed by atoms with Gasteiger partial charge in [-0.2, -0.15) is 13.2 Å². The third-order valence-electron chi connectivity index (χ3n) is 3.91. The number of nitrogens with zero attached hydrogens (tertiary/aromatic N) is 2. The van der Waals surface area contributed by atoms with E-state index in [1.54, 1.807) is 0 Å². The van der Waals surface area contributed by atoms with E-state index in [0.29, 0.717) is 19.4 Å². The van der Waals surface area contributed by atoms with Crippen LogP contribution in [0.1, 0.15) is 28.8 Å². The molecule has 136 valence electrons. The van der Waals surface area contributed by atoms with Crippen LogP contribution in [0, 0.1) is 5.92 Å². The maximum absolute atomic E-state index is 12.8. The van der Waals surface area contributed by atoms with Crippen molar-refractivity contribution in [1.29, 1.82) is 0 Å². The molecule has 0 spiro atoms. The molecule has 1 fully saturated rings. The number of nitrogens with one attached hydrogen (secondary N) is 1. The topological polar surface area (TPSA) is 114 Å². The molecule has 0 radical (unpaired) electrons. The number of hydrogen-bond acceptors (Lipinski definition) is 4. The van der Waals surface area contributed by atoms with Crippen molar-refractivity contribution in [3.8, 4) is 0 Å². The molecular weight excluding hydrogens is 339 g/mol. The molecule has 0 saturated carbocycles. The highest BCUT2D eigenvalue weighted by Crippen LogP contribution is 2.30. The van der Waals surface area contributed by atoms with Crippen LogP contribution in [0.25, 0.3) is 0 Å². The number of carbonyl (C=O) groups is 2. The lowest BCUT2D eigenvalue weighted by molar-refractivity contribution is -0.137. The molecule has 1 heterocycles. The van der Waals surface area contributed by atoms with E-state index in [-0.39, 0.29) is 18.1 Å². The van der Waals surface area contributed by atoms with Crippen LogP contribution >= 0.6 is 0 Å². The predicted octanol–water partition coefficient (Wildman–Crippen LogP) is 0.862. The van der Waals surface area contributed by atoms with Gasteiger partial charge in [0.15, 0.2) is 0 Å². The van der Waals surface area contributed by atoms with Gasteiger partial charge in [-0.05, 0) is 31.0 Å². The number of amides is 2. The van der Waals surface area contributed by atoms with E-state index in [2.05, 4.69) is 10.4 Å². The molecule has 5 N–H and O–H groups in total. The van der Waals surface area contributed by atoms with E-state index in [1.807, 2.05) is 0 Å². The zero-order valence-corrected chi connectivity index (χ0v) is 13.2. The number of carbonyl (C=O) groups excluding carboxylic acids is 2. The monoisotopic (exact) mass is 357 g/mol. The summed E-state index contributed by atoms with van der Waals surface area (Å²) in [6.45, 7) is 0.443. The van der Waals surface area contributed by atoms with Gasteiger partial charge in [0, 0.05) is 18.7 Å². The Morgan fingerprint density at radius 1 is 1.32 bits per heavy atom. The van der Waals surface area contributed by atoms with Gasteiger partial charge < -0.3 is 16.5 Å². The molecule has 2 rings (SSSR count). The molecule has 0 aromatic heterocycles. The number of guanidine groups is 1. The number of hydrazone groups is 1. The number of rotatable bonds is 2. The van der Waals surface area contributed by atoms with Crippen LogP contribution in [0.2, 0.25) is 0 Å². The zero-order valence-electron chi connectivity index (χ0n) is 13.2. The van der Waals surface area contributed by atoms with Gasteiger partial charge in [-0.25, -0.2) is 0 Å². The Morgan fingerprint density at radius 2 is 2.04 bits per heavy atom. The van der Waals surface area contributed by atoms with Crippen molar-refractivity contribution in [3.63, 3.8) is 0 Å². The van der Waals surface area contributed by atoms with E-state index in [0.717, 1.165) is 12.1 Å². The lowest BCUT2D eigenvalue weighted by Crippen LogP contribution is -2.48. The van der Waals surface area contributed by atoms with Gasteiger partial charge in [-0.15, -0.1) is 5.10 Å². The number of likely N-dealkylation sites (tertiary alicyclic amines) is 1. The van der Waals surface area contributed by atoms with Crippen LogP contribution in [-0.4, -0.2) is 35.8 Å². The van der Waals surface area contributed by atoms with Crippen molar-refractivity contribution in [2.24, 2.45) is 22.6 Å². The van der Waals surface area contributed by atoms with Crippen LogP contribution in [0.3, 0.4) is 0 Å². The van der Waals surface area contributed by atoms with Crippen molar-refractivity contribution in [1.82, 2.24) is 10.2 Å². The zero-order chi connectivity index (χ0) is 18.6. The van der Waals surface area contributed by atoms with Gasteiger partial charge >= 0.3 is 6.18 Å². The summed E-state index contributed by atoms with van der Waals surface area (Å²) in [5.74, 6) is 3.17. The van der Waals surface area contributed by atoms with E-state index in [4.69, 9.17) is 11.6 Å². The van der Waals surface area contributed by atoms with Gasteiger partial charge in [0.1, 0.15) is 0 Å². The van der Waals surface area contributed by atoms with Crippen LogP contribution in [0.4, 0.5) is 13.2 Å². The fourth-order valence-electron chi connectivity index (χ4n) is 2.65. The van der Waals surface area contributed by atoms with Gasteiger partial charge in [0.25, 0.3) is 5.91 Å². The minimum absolute atomic E-state index is 0.0704. The molecule has 2 amide bonds. The number of halogens is 3. The quantitative estimate of drug-likeness (QED) is 0.315. The normalized spacial score (nSPS) is 18.8. The highest BCUT2D eigenvalue weighted by atomic mass is 19.4. The maximum Gasteiger partial charge on any atom is 0.416 e. The Bertz CT molecular complexity index is 690. The summed E-state index contributed by atoms with van der Waals surface area (Å²) in [6, 6.07) is 4.21. The standard InChI is InChI=1S/C15H18F3N5O2/c16-15(17,18)11-5-1-3-9(7-11)13(25)23-6-2-4-10(8-23)12(24)21-14(19)22-20/h1,3,5,7,10H,2,4,6,8,20H2,(H3,19,21,22,24). The molecule has 1 saturated heterocycles. The molecule has 0 aliphatic carbocycles. The van der Waals surface area contributed by atoms with Crippen molar-refractivity contribution in [2.75, 3.05) is 13.1 Å². The fraction of sp³-hybridized carbons (Fsp3) is 0.400. The fourth-order valence-corrected chi connectivity index (χ4v) is 2.65. The number of benzene rings is 1. The lowest BCUT2D eigenvalue weighted by atomic mass is 9.96. The third kappa shape index (κ3) is 4.61. The molecule has 1 unspecified atom stereocenters. The molecular formula is C15H18F3N5O2. The lowest BCUT2D eigenvalue weighted by Gasteiger charge is -2.32. The molecule has 0 bridgehead atoms. The highest BCUT2D eigenvalue weighted by molar-refractivity contribution is 5.98. The number of piperidine rings is 1. The van der Waals surface area contributed by atoms with Crippen LogP contribution < -0.4 is 16.9 Å². The smallest absolute Gasteiger partial charge is 0.368 e. The van der Waals surface area contributed by atoms with Crippen molar-refractivity contribution in [3.05, 3.63) is 35.4 Å². The Kier molecular flexibility index (Phi) is 5.50. The first-order valence-corrected chi connectivity index (χ1v) is 7.53. The number of nitrogens with two attached hydrogens (primary N) is 2. The summed E-state index contributed by atoms with van der Waals surface area (Å²) in [7, 11) is 0. The second-order valence-electron chi connectivity index (χ2n) is 5.67. The molecule has 10 heteroatoms. The van der Waals surface area contributed by atoms with E-state index >= 15 is 0 Å². The van der Waals surface area contributed by atoms with Gasteiger partial charge in [0.05, 0.1) is 11.5 Å². The summed E-state index contributed by atoms with van der Waals surface area (Å²) < 4.78 is 38.4. The summed E-state index contributed by atoms with van der Waals surface area (Å²) in [4.78, 5) is 25.9. The van der Waals surface area contributed by atoms with E-state index in [1.165, 1.54) is 17.0 Å². The molecule has 1 aliphatic rings. The Hall–Kier alpha value is -2.78. The summed E-state index contributed by atoms with van der Waals surface area (Å²) in [5.41, 5.74) is 4.37. The Morgan fingerprint density at radius 3 is 2.68 bits per heavy atom. The number of alkyl halides is 3. The minimum Gasteiger partial charge on any atom is -0.368 e. The molecule has 1 atom stereocenters. The second kappa shape index (κ2) is 7.41. The van der Waals surface area contributed by atoms with Crippen LogP contribution in [0.15, 0.2) is 29.4 Å². The maximum atomic E-state index is 12.8. The first kappa shape index (κ1) is 18.6. The second-order valence-corrected chi connectivity index (χ2v) is 5.67. The first-order chi connectivity index (χ1) is 11.7. The summed E-state index contributed by atoms with van der Waals surface area (Å²) in [5, 5.41) is 5.44. The predicted molar refractivity (Wildman–Crippen MR) is 84.0 cm³/mol. The average Bonchev–Trinajstić information content (AvgIpc) is 2.60. The minimum atomic E-state index is -4.53. The third-order valence-corrected chi connectivity index (χ3v) is 3.91. The van der Waals surface area contributed by atoms with Gasteiger partial charge in [0.2, 0.25) is 11.9 Å². The molecule has 1 aromatic rings. The summed E-state index contributed by atoms with van der Waals surface area (Å²) in [6.07, 6.45) is -3.46. The van der Waals surface area contributed by atoms with E-state index < -0.39 is 29.5 Å². The SMILES string of the molecule is N/N=C(\N)NC(=O)C1CCCN(C(=O)c2cccc(C(F)(F)F)c2)C1. The molecule has 7 nitrogen and oxygen atoms in total. The van der Waals surface area contributed by atoms with Crippen LogP contribution in [-0.2, 0) is 11.0 Å². The Labute approximate surface area is 141 Å². The van der Waals surface area contributed by atoms with Gasteiger partial charge in [-0.3, -0.25) is 14.9 Å². The van der Waals surface area contributed by atoms with E-state index in [9.17, 15) is 22.8 Å². The average molecular weight is 357 g/mol. The molecule has 1 aliphatic heterocycles. The number of hydrogen-bond donors (Lipinski definition) is 3. The Balaban J connectivity index is 2.11.